The normalized spacial score (nSPS) is 12.2. The van der Waals surface area contributed by atoms with E-state index in [0.29, 0.717) is 18.8 Å². The maximum atomic E-state index is 12.7. The summed E-state index contributed by atoms with van der Waals surface area (Å²) >= 11 is 0. The molecule has 0 spiro atoms. The number of nitrogens with one attached hydrogen (secondary N) is 1. The van der Waals surface area contributed by atoms with E-state index >= 15 is 0 Å². The molecular weight excluding hydrogens is 537 g/mol. The molecule has 3 N–H and O–H groups in total. The SMILES string of the molecule is CCCCCCCCCCCCCCCC(=O)N[C@@H](Cc1ccc(OCc2ccccc2)cc1)C(=O)CP(=O)(O)O. The highest BCUT2D eigenvalue weighted by molar-refractivity contribution is 7.52. The molecule has 1 atom stereocenters. The Morgan fingerprint density at radius 1 is 0.756 bits per heavy atom. The number of rotatable bonds is 23. The van der Waals surface area contributed by atoms with E-state index in [0.717, 1.165) is 30.4 Å². The summed E-state index contributed by atoms with van der Waals surface area (Å²) < 4.78 is 17.3. The third kappa shape index (κ3) is 17.2. The van der Waals surface area contributed by atoms with Crippen molar-refractivity contribution in [3.63, 3.8) is 0 Å². The second kappa shape index (κ2) is 20.4. The molecule has 0 aromatic heterocycles. The van der Waals surface area contributed by atoms with Crippen LogP contribution in [0, 0.1) is 0 Å². The smallest absolute Gasteiger partial charge is 0.333 e. The molecule has 41 heavy (non-hydrogen) atoms. The first kappa shape index (κ1) is 34.7. The highest BCUT2D eigenvalue weighted by Crippen LogP contribution is 2.34. The molecule has 228 valence electrons. The van der Waals surface area contributed by atoms with Gasteiger partial charge in [0.05, 0.1) is 6.04 Å². The van der Waals surface area contributed by atoms with Gasteiger partial charge in [-0.2, -0.15) is 0 Å². The Labute approximate surface area is 246 Å². The second-order valence-electron chi connectivity index (χ2n) is 11.0. The number of carbonyl (C=O) groups is 2. The lowest BCUT2D eigenvalue weighted by Crippen LogP contribution is -2.43. The van der Waals surface area contributed by atoms with Gasteiger partial charge in [0.1, 0.15) is 18.5 Å². The molecule has 0 saturated heterocycles. The largest absolute Gasteiger partial charge is 0.489 e. The summed E-state index contributed by atoms with van der Waals surface area (Å²) in [6.07, 6.45) is 15.4. The molecule has 0 aliphatic rings. The minimum absolute atomic E-state index is 0.155. The molecule has 0 bridgehead atoms. The number of amides is 1. The Morgan fingerprint density at radius 3 is 1.83 bits per heavy atom. The average Bonchev–Trinajstić information content (AvgIpc) is 2.94. The van der Waals surface area contributed by atoms with Crippen molar-refractivity contribution < 1.29 is 28.7 Å². The van der Waals surface area contributed by atoms with Crippen molar-refractivity contribution in [2.45, 2.75) is 116 Å². The summed E-state index contributed by atoms with van der Waals surface area (Å²) in [5.74, 6) is -0.261. The van der Waals surface area contributed by atoms with E-state index in [-0.39, 0.29) is 12.3 Å². The number of ether oxygens (including phenoxy) is 1. The number of carbonyl (C=O) groups excluding carboxylic acids is 2. The van der Waals surface area contributed by atoms with Gasteiger partial charge in [0.25, 0.3) is 0 Å². The van der Waals surface area contributed by atoms with Crippen LogP contribution < -0.4 is 10.1 Å². The number of ketones is 1. The van der Waals surface area contributed by atoms with Crippen LogP contribution in [0.2, 0.25) is 0 Å². The number of Topliss-reactive ketones (excluding diaryl/α,β-unsaturated/α-hetero) is 1. The standard InChI is InChI=1S/C33H50NO6P/c1-2-3-4-5-6-7-8-9-10-11-12-13-17-20-33(36)34-31(32(35)27-41(37,38)39)25-28-21-23-30(24-22-28)40-26-29-18-15-14-16-19-29/h14-16,18-19,21-24,31H,2-13,17,20,25-27H2,1H3,(H,34,36)(H2,37,38,39)/t31-/m0/s1. The monoisotopic (exact) mass is 587 g/mol. The van der Waals surface area contributed by atoms with Crippen molar-refractivity contribution in [2.24, 2.45) is 0 Å². The van der Waals surface area contributed by atoms with Crippen LogP contribution in [0.25, 0.3) is 0 Å². The Balaban J connectivity index is 1.72. The summed E-state index contributed by atoms with van der Waals surface area (Å²) in [7, 11) is -4.54. The number of unbranched alkanes of at least 4 members (excludes halogenated alkanes) is 12. The van der Waals surface area contributed by atoms with Crippen molar-refractivity contribution in [3.05, 3.63) is 65.7 Å². The van der Waals surface area contributed by atoms with Gasteiger partial charge in [0.2, 0.25) is 5.91 Å². The molecule has 0 aliphatic carbocycles. The van der Waals surface area contributed by atoms with Gasteiger partial charge >= 0.3 is 7.60 Å². The number of hydrogen-bond acceptors (Lipinski definition) is 4. The van der Waals surface area contributed by atoms with Crippen LogP contribution in [0.15, 0.2) is 54.6 Å². The highest BCUT2D eigenvalue weighted by Gasteiger charge is 2.27. The maximum absolute atomic E-state index is 12.7. The first-order chi connectivity index (χ1) is 19.8. The van der Waals surface area contributed by atoms with Gasteiger partial charge in [0, 0.05) is 6.42 Å². The number of hydrogen-bond donors (Lipinski definition) is 3. The Hall–Kier alpha value is -2.47. The first-order valence-electron chi connectivity index (χ1n) is 15.4. The zero-order valence-electron chi connectivity index (χ0n) is 24.8. The van der Waals surface area contributed by atoms with Crippen molar-refractivity contribution in [1.82, 2.24) is 5.32 Å². The molecule has 2 aromatic rings. The summed E-state index contributed by atoms with van der Waals surface area (Å²) in [5.41, 5.74) is 1.81. The summed E-state index contributed by atoms with van der Waals surface area (Å²) in [5, 5.41) is 2.73. The van der Waals surface area contributed by atoms with Crippen LogP contribution in [0.5, 0.6) is 5.75 Å². The molecule has 2 aromatic carbocycles. The molecule has 0 radical (unpaired) electrons. The van der Waals surface area contributed by atoms with Crippen LogP contribution in [0.3, 0.4) is 0 Å². The van der Waals surface area contributed by atoms with E-state index in [1.54, 1.807) is 24.3 Å². The van der Waals surface area contributed by atoms with Crippen LogP contribution in [0.1, 0.15) is 108 Å². The maximum Gasteiger partial charge on any atom is 0.333 e. The van der Waals surface area contributed by atoms with Crippen LogP contribution in [-0.2, 0) is 27.2 Å². The topological polar surface area (TPSA) is 113 Å². The minimum atomic E-state index is -4.54. The molecule has 8 heteroatoms. The molecule has 0 unspecified atom stereocenters. The summed E-state index contributed by atoms with van der Waals surface area (Å²) in [6, 6.07) is 16.0. The minimum Gasteiger partial charge on any atom is -0.489 e. The van der Waals surface area contributed by atoms with Crippen LogP contribution >= 0.6 is 7.60 Å². The van der Waals surface area contributed by atoms with Crippen LogP contribution in [0.4, 0.5) is 0 Å². The van der Waals surface area contributed by atoms with Crippen molar-refractivity contribution in [3.8, 4) is 5.75 Å². The zero-order chi connectivity index (χ0) is 29.8. The molecule has 1 amide bonds. The summed E-state index contributed by atoms with van der Waals surface area (Å²) in [6.45, 7) is 2.67. The zero-order valence-corrected chi connectivity index (χ0v) is 25.7. The van der Waals surface area contributed by atoms with E-state index < -0.39 is 25.6 Å². The summed E-state index contributed by atoms with van der Waals surface area (Å²) in [4.78, 5) is 43.9. The molecule has 0 heterocycles. The predicted molar refractivity (Wildman–Crippen MR) is 165 cm³/mol. The Bertz CT molecular complexity index is 1040. The third-order valence-electron chi connectivity index (χ3n) is 7.20. The quantitative estimate of drug-likeness (QED) is 0.0916. The van der Waals surface area contributed by atoms with Crippen molar-refractivity contribution >= 4 is 19.3 Å². The van der Waals surface area contributed by atoms with Crippen molar-refractivity contribution in [1.29, 1.82) is 0 Å². The van der Waals surface area contributed by atoms with E-state index in [9.17, 15) is 23.9 Å². The average molecular weight is 588 g/mol. The third-order valence-corrected chi connectivity index (χ3v) is 7.93. The van der Waals surface area contributed by atoms with Gasteiger partial charge in [-0.25, -0.2) is 0 Å². The number of benzene rings is 2. The van der Waals surface area contributed by atoms with E-state index in [2.05, 4.69) is 12.2 Å². The lowest BCUT2D eigenvalue weighted by atomic mass is 10.0. The lowest BCUT2D eigenvalue weighted by molar-refractivity contribution is -0.126. The van der Waals surface area contributed by atoms with Gasteiger partial charge in [-0.15, -0.1) is 0 Å². The van der Waals surface area contributed by atoms with Crippen LogP contribution in [-0.4, -0.2) is 33.7 Å². The van der Waals surface area contributed by atoms with E-state index in [1.165, 1.54) is 64.2 Å². The highest BCUT2D eigenvalue weighted by atomic mass is 31.2. The first-order valence-corrected chi connectivity index (χ1v) is 17.2. The van der Waals surface area contributed by atoms with Gasteiger partial charge in [-0.05, 0) is 36.1 Å². The molecule has 2 rings (SSSR count). The molecule has 0 fully saturated rings. The predicted octanol–water partition coefficient (Wildman–Crippen LogP) is 7.52. The Kier molecular flexibility index (Phi) is 17.3. The van der Waals surface area contributed by atoms with Gasteiger partial charge < -0.3 is 19.8 Å². The molecule has 7 nitrogen and oxygen atoms in total. The van der Waals surface area contributed by atoms with E-state index in [4.69, 9.17) is 4.74 Å². The van der Waals surface area contributed by atoms with Gasteiger partial charge in [-0.3, -0.25) is 14.2 Å². The van der Waals surface area contributed by atoms with Crippen molar-refractivity contribution in [2.75, 3.05) is 6.16 Å². The molecule has 0 aliphatic heterocycles. The molecular formula is C33H50NO6P. The van der Waals surface area contributed by atoms with Gasteiger partial charge in [-0.1, -0.05) is 126 Å². The van der Waals surface area contributed by atoms with E-state index in [1.807, 2.05) is 30.3 Å². The fourth-order valence-corrected chi connectivity index (χ4v) is 5.45. The second-order valence-corrected chi connectivity index (χ2v) is 12.7. The van der Waals surface area contributed by atoms with Gasteiger partial charge in [0.15, 0.2) is 5.78 Å². The lowest BCUT2D eigenvalue weighted by Gasteiger charge is -2.18. The fourth-order valence-electron chi connectivity index (χ4n) is 4.83. The molecule has 0 saturated carbocycles. The Morgan fingerprint density at radius 2 is 1.29 bits per heavy atom. The fraction of sp³-hybridized carbons (Fsp3) is 0.576.